The Labute approximate surface area is 123 Å². The Hall–Kier alpha value is -1.07. The van der Waals surface area contributed by atoms with E-state index < -0.39 is 11.7 Å². The summed E-state index contributed by atoms with van der Waals surface area (Å²) in [7, 11) is 0. The average molecular weight is 298 g/mol. The molecule has 116 valence electrons. The molecule has 1 N–H and O–H groups in total. The van der Waals surface area contributed by atoms with Crippen molar-refractivity contribution in [3.8, 4) is 0 Å². The van der Waals surface area contributed by atoms with Crippen LogP contribution in [0.4, 0.5) is 13.2 Å². The molecular formula is C16H21F3N2. The molecule has 21 heavy (non-hydrogen) atoms. The number of hydrogen-bond donors (Lipinski definition) is 1. The molecule has 0 saturated carbocycles. The van der Waals surface area contributed by atoms with Crippen LogP contribution in [0, 0.1) is 5.41 Å². The Bertz CT molecular complexity index is 493. The van der Waals surface area contributed by atoms with Gasteiger partial charge >= 0.3 is 6.18 Å². The second-order valence-corrected chi connectivity index (χ2v) is 6.37. The highest BCUT2D eigenvalue weighted by Gasteiger charge is 2.39. The first-order valence-electron chi connectivity index (χ1n) is 7.57. The van der Waals surface area contributed by atoms with Gasteiger partial charge in [0.25, 0.3) is 0 Å². The molecule has 2 nitrogen and oxygen atoms in total. The summed E-state index contributed by atoms with van der Waals surface area (Å²) >= 11 is 0. The SMILES string of the molecule is FC(F)(F)c1ccccc1CN1CCC2(CCNCC2)C1. The maximum atomic E-state index is 13.0. The molecule has 3 rings (SSSR count). The molecule has 0 radical (unpaired) electrons. The minimum atomic E-state index is -4.26. The predicted molar refractivity (Wildman–Crippen MR) is 75.9 cm³/mol. The minimum Gasteiger partial charge on any atom is -0.317 e. The summed E-state index contributed by atoms with van der Waals surface area (Å²) in [5.74, 6) is 0. The van der Waals surface area contributed by atoms with Gasteiger partial charge in [-0.1, -0.05) is 18.2 Å². The molecule has 1 spiro atoms. The number of halogens is 3. The number of alkyl halides is 3. The number of likely N-dealkylation sites (tertiary alicyclic amines) is 1. The van der Waals surface area contributed by atoms with Crippen LogP contribution >= 0.6 is 0 Å². The highest BCUT2D eigenvalue weighted by atomic mass is 19.4. The Kier molecular flexibility index (Phi) is 3.97. The van der Waals surface area contributed by atoms with Crippen molar-refractivity contribution in [3.05, 3.63) is 35.4 Å². The molecule has 2 saturated heterocycles. The summed E-state index contributed by atoms with van der Waals surface area (Å²) in [5.41, 5.74) is 0.241. The van der Waals surface area contributed by atoms with Gasteiger partial charge in [-0.2, -0.15) is 13.2 Å². The van der Waals surface area contributed by atoms with Gasteiger partial charge < -0.3 is 5.32 Å². The molecule has 2 heterocycles. The first-order chi connectivity index (χ1) is 9.99. The zero-order chi connectivity index (χ0) is 14.9. The molecular weight excluding hydrogens is 277 g/mol. The first-order valence-corrected chi connectivity index (χ1v) is 7.57. The lowest BCUT2D eigenvalue weighted by Crippen LogP contribution is -2.38. The van der Waals surface area contributed by atoms with Gasteiger partial charge in [0.15, 0.2) is 0 Å². The third-order valence-electron chi connectivity index (χ3n) is 4.90. The van der Waals surface area contributed by atoms with Crippen LogP contribution in [-0.2, 0) is 12.7 Å². The molecule has 0 atom stereocenters. The van der Waals surface area contributed by atoms with Crippen LogP contribution < -0.4 is 5.32 Å². The molecule has 1 aromatic carbocycles. The zero-order valence-corrected chi connectivity index (χ0v) is 12.0. The van der Waals surface area contributed by atoms with Crippen molar-refractivity contribution >= 4 is 0 Å². The summed E-state index contributed by atoms with van der Waals surface area (Å²) in [6.07, 6.45) is -0.861. The predicted octanol–water partition coefficient (Wildman–Crippen LogP) is 3.28. The number of rotatable bonds is 2. The average Bonchev–Trinajstić information content (AvgIpc) is 2.81. The summed E-state index contributed by atoms with van der Waals surface area (Å²) < 4.78 is 39.1. The number of benzene rings is 1. The maximum Gasteiger partial charge on any atom is 0.416 e. The van der Waals surface area contributed by atoms with E-state index in [1.165, 1.54) is 12.1 Å². The van der Waals surface area contributed by atoms with Crippen molar-refractivity contribution < 1.29 is 13.2 Å². The van der Waals surface area contributed by atoms with Crippen molar-refractivity contribution in [1.82, 2.24) is 10.2 Å². The van der Waals surface area contributed by atoms with E-state index >= 15 is 0 Å². The Balaban J connectivity index is 1.71. The van der Waals surface area contributed by atoms with Crippen molar-refractivity contribution in [2.75, 3.05) is 26.2 Å². The van der Waals surface area contributed by atoms with Crippen molar-refractivity contribution in [1.29, 1.82) is 0 Å². The molecule has 2 fully saturated rings. The minimum absolute atomic E-state index is 0.332. The van der Waals surface area contributed by atoms with Gasteiger partial charge in [-0.3, -0.25) is 4.90 Å². The van der Waals surface area contributed by atoms with E-state index in [0.717, 1.165) is 45.4 Å². The highest BCUT2D eigenvalue weighted by molar-refractivity contribution is 5.29. The summed E-state index contributed by atoms with van der Waals surface area (Å²) in [4.78, 5) is 2.19. The van der Waals surface area contributed by atoms with Crippen molar-refractivity contribution in [3.63, 3.8) is 0 Å². The lowest BCUT2D eigenvalue weighted by atomic mass is 9.78. The third-order valence-corrected chi connectivity index (χ3v) is 4.90. The van der Waals surface area contributed by atoms with Crippen LogP contribution in [0.25, 0.3) is 0 Å². The van der Waals surface area contributed by atoms with Gasteiger partial charge in [0.2, 0.25) is 0 Å². The van der Waals surface area contributed by atoms with E-state index in [1.807, 2.05) is 0 Å². The second-order valence-electron chi connectivity index (χ2n) is 6.37. The fraction of sp³-hybridized carbons (Fsp3) is 0.625. The molecule has 0 aromatic heterocycles. The lowest BCUT2D eigenvalue weighted by molar-refractivity contribution is -0.138. The van der Waals surface area contributed by atoms with E-state index in [9.17, 15) is 13.2 Å². The maximum absolute atomic E-state index is 13.0. The fourth-order valence-electron chi connectivity index (χ4n) is 3.70. The van der Waals surface area contributed by atoms with Crippen molar-refractivity contribution in [2.24, 2.45) is 5.41 Å². The molecule has 5 heteroatoms. The van der Waals surface area contributed by atoms with Gasteiger partial charge in [-0.15, -0.1) is 0 Å². The highest BCUT2D eigenvalue weighted by Crippen LogP contribution is 2.40. The number of hydrogen-bond acceptors (Lipinski definition) is 2. The van der Waals surface area contributed by atoms with Crippen LogP contribution in [0.3, 0.4) is 0 Å². The van der Waals surface area contributed by atoms with Crippen LogP contribution in [0.15, 0.2) is 24.3 Å². The topological polar surface area (TPSA) is 15.3 Å². The normalized spacial score (nSPS) is 22.8. The molecule has 0 amide bonds. The van der Waals surface area contributed by atoms with Gasteiger partial charge in [-0.05, 0) is 55.9 Å². The smallest absolute Gasteiger partial charge is 0.317 e. The second kappa shape index (κ2) is 5.61. The monoisotopic (exact) mass is 298 g/mol. The first kappa shape index (κ1) is 14.9. The Morgan fingerprint density at radius 2 is 1.81 bits per heavy atom. The third kappa shape index (κ3) is 3.24. The van der Waals surface area contributed by atoms with E-state index in [4.69, 9.17) is 0 Å². The van der Waals surface area contributed by atoms with E-state index in [1.54, 1.807) is 12.1 Å². The lowest BCUT2D eigenvalue weighted by Gasteiger charge is -2.34. The van der Waals surface area contributed by atoms with Gasteiger partial charge in [0.1, 0.15) is 0 Å². The van der Waals surface area contributed by atoms with E-state index in [-0.39, 0.29) is 0 Å². The Morgan fingerprint density at radius 1 is 1.10 bits per heavy atom. The van der Waals surface area contributed by atoms with Gasteiger partial charge in [-0.25, -0.2) is 0 Å². The zero-order valence-electron chi connectivity index (χ0n) is 12.0. The van der Waals surface area contributed by atoms with E-state index in [0.29, 0.717) is 17.5 Å². The van der Waals surface area contributed by atoms with Crippen LogP contribution in [0.2, 0.25) is 0 Å². The van der Waals surface area contributed by atoms with Crippen LogP contribution in [-0.4, -0.2) is 31.1 Å². The van der Waals surface area contributed by atoms with Crippen LogP contribution in [0.1, 0.15) is 30.4 Å². The van der Waals surface area contributed by atoms with Gasteiger partial charge in [0, 0.05) is 13.1 Å². The standard InChI is InChI=1S/C16H21F3N2/c17-16(18,19)14-4-2-1-3-13(14)11-21-10-7-15(12-21)5-8-20-9-6-15/h1-4,20H,5-12H2. The summed E-state index contributed by atoms with van der Waals surface area (Å²) in [6, 6.07) is 5.95. The molecule has 2 aliphatic rings. The number of nitrogens with one attached hydrogen (secondary N) is 1. The van der Waals surface area contributed by atoms with E-state index in [2.05, 4.69) is 10.2 Å². The van der Waals surface area contributed by atoms with Crippen LogP contribution in [0.5, 0.6) is 0 Å². The fourth-order valence-corrected chi connectivity index (χ4v) is 3.70. The largest absolute Gasteiger partial charge is 0.416 e. The molecule has 0 unspecified atom stereocenters. The number of piperidine rings is 1. The van der Waals surface area contributed by atoms with Crippen molar-refractivity contribution in [2.45, 2.75) is 32.0 Å². The summed E-state index contributed by atoms with van der Waals surface area (Å²) in [5, 5.41) is 3.36. The molecule has 0 aliphatic carbocycles. The quantitative estimate of drug-likeness (QED) is 0.901. The molecule has 0 bridgehead atoms. The number of nitrogens with zero attached hydrogens (tertiary/aromatic N) is 1. The van der Waals surface area contributed by atoms with Gasteiger partial charge in [0.05, 0.1) is 5.56 Å². The Morgan fingerprint density at radius 3 is 2.52 bits per heavy atom. The molecule has 2 aliphatic heterocycles. The summed E-state index contributed by atoms with van der Waals surface area (Å²) in [6.45, 7) is 4.32. The molecule has 1 aromatic rings.